The van der Waals surface area contributed by atoms with Crippen LogP contribution in [0.25, 0.3) is 22.4 Å². The van der Waals surface area contributed by atoms with Crippen molar-refractivity contribution in [1.29, 1.82) is 0 Å². The van der Waals surface area contributed by atoms with E-state index in [0.717, 1.165) is 23.1 Å². The maximum absolute atomic E-state index is 10.6. The van der Waals surface area contributed by atoms with Gasteiger partial charge in [-0.1, -0.05) is 0 Å². The summed E-state index contributed by atoms with van der Waals surface area (Å²) in [4.78, 5) is 17.7. The maximum Gasteiger partial charge on any atom is 0.181 e. The van der Waals surface area contributed by atoms with Gasteiger partial charge in [0, 0.05) is 11.6 Å². The number of hydrogen-bond acceptors (Lipinski definition) is 3. The molecule has 0 atom stereocenters. The first-order valence-electron chi connectivity index (χ1n) is 4.82. The van der Waals surface area contributed by atoms with Crippen molar-refractivity contribution in [2.75, 3.05) is 0 Å². The molecule has 0 aliphatic heterocycles. The standard InChI is InChI=1S/C11H8N4O/c16-6-7-3-4-9(13-7)10-8-2-1-5-12-11(8)15-14-10/h1-6,13H,(H,12,14,15). The summed E-state index contributed by atoms with van der Waals surface area (Å²) >= 11 is 0. The van der Waals surface area contributed by atoms with Gasteiger partial charge in [-0.05, 0) is 24.3 Å². The minimum atomic E-state index is 0.543. The van der Waals surface area contributed by atoms with Crippen molar-refractivity contribution in [2.45, 2.75) is 0 Å². The van der Waals surface area contributed by atoms with Crippen molar-refractivity contribution in [2.24, 2.45) is 0 Å². The number of pyridine rings is 1. The summed E-state index contributed by atoms with van der Waals surface area (Å²) in [7, 11) is 0. The summed E-state index contributed by atoms with van der Waals surface area (Å²) < 4.78 is 0. The summed E-state index contributed by atoms with van der Waals surface area (Å²) in [5.41, 5.74) is 2.88. The molecule has 0 spiro atoms. The Bertz CT molecular complexity index is 653. The maximum atomic E-state index is 10.6. The van der Waals surface area contributed by atoms with Gasteiger partial charge in [-0.25, -0.2) is 4.98 Å². The Balaban J connectivity index is 2.21. The Labute approximate surface area is 90.5 Å². The fraction of sp³-hybridized carbons (Fsp3) is 0. The van der Waals surface area contributed by atoms with E-state index in [1.165, 1.54) is 0 Å². The Morgan fingerprint density at radius 3 is 3.00 bits per heavy atom. The smallest absolute Gasteiger partial charge is 0.181 e. The van der Waals surface area contributed by atoms with Gasteiger partial charge in [0.2, 0.25) is 0 Å². The number of aromatic nitrogens is 4. The molecule has 0 aromatic carbocycles. The van der Waals surface area contributed by atoms with Gasteiger partial charge in [0.05, 0.1) is 17.1 Å². The Kier molecular flexibility index (Phi) is 1.83. The lowest BCUT2D eigenvalue weighted by Gasteiger charge is -1.93. The second-order valence-corrected chi connectivity index (χ2v) is 3.42. The number of aromatic amines is 2. The molecule has 78 valence electrons. The quantitative estimate of drug-likeness (QED) is 0.635. The molecular weight excluding hydrogens is 204 g/mol. The molecule has 0 saturated carbocycles. The van der Waals surface area contributed by atoms with Crippen molar-refractivity contribution < 1.29 is 4.79 Å². The molecule has 0 aliphatic carbocycles. The summed E-state index contributed by atoms with van der Waals surface area (Å²) in [6, 6.07) is 7.35. The fourth-order valence-corrected chi connectivity index (χ4v) is 1.68. The number of carbonyl (C=O) groups is 1. The second-order valence-electron chi connectivity index (χ2n) is 3.42. The van der Waals surface area contributed by atoms with Gasteiger partial charge in [0.25, 0.3) is 0 Å². The van der Waals surface area contributed by atoms with E-state index in [1.54, 1.807) is 12.3 Å². The van der Waals surface area contributed by atoms with Crippen LogP contribution in [0.4, 0.5) is 0 Å². The number of nitrogens with one attached hydrogen (secondary N) is 2. The van der Waals surface area contributed by atoms with E-state index in [9.17, 15) is 4.79 Å². The van der Waals surface area contributed by atoms with Crippen LogP contribution >= 0.6 is 0 Å². The molecule has 0 amide bonds. The summed E-state index contributed by atoms with van der Waals surface area (Å²) in [6.07, 6.45) is 2.47. The zero-order chi connectivity index (χ0) is 11.0. The number of rotatable bonds is 2. The largest absolute Gasteiger partial charge is 0.351 e. The van der Waals surface area contributed by atoms with Crippen LogP contribution < -0.4 is 0 Å². The highest BCUT2D eigenvalue weighted by Gasteiger charge is 2.09. The van der Waals surface area contributed by atoms with Crippen LogP contribution in [0, 0.1) is 0 Å². The van der Waals surface area contributed by atoms with Gasteiger partial charge < -0.3 is 4.98 Å². The average Bonchev–Trinajstić information content (AvgIpc) is 2.94. The van der Waals surface area contributed by atoms with Crippen LogP contribution in [0.1, 0.15) is 10.5 Å². The lowest BCUT2D eigenvalue weighted by Crippen LogP contribution is -1.81. The molecule has 2 N–H and O–H groups in total. The molecule has 0 radical (unpaired) electrons. The Morgan fingerprint density at radius 1 is 1.25 bits per heavy atom. The molecule has 3 heterocycles. The molecule has 5 heteroatoms. The SMILES string of the molecule is O=Cc1ccc(-c2[nH]nc3ncccc23)[nH]1. The van der Waals surface area contributed by atoms with Crippen LogP contribution in [0.2, 0.25) is 0 Å². The third kappa shape index (κ3) is 1.22. The number of aldehydes is 1. The minimum Gasteiger partial charge on any atom is -0.351 e. The lowest BCUT2D eigenvalue weighted by atomic mass is 10.2. The third-order valence-corrected chi connectivity index (χ3v) is 2.43. The number of carbonyl (C=O) groups excluding carboxylic acids is 1. The molecular formula is C11H8N4O. The van der Waals surface area contributed by atoms with Gasteiger partial charge in [0.15, 0.2) is 11.9 Å². The van der Waals surface area contributed by atoms with Gasteiger partial charge in [-0.3, -0.25) is 9.89 Å². The van der Waals surface area contributed by atoms with E-state index in [2.05, 4.69) is 20.2 Å². The zero-order valence-corrected chi connectivity index (χ0v) is 8.27. The van der Waals surface area contributed by atoms with Gasteiger partial charge in [-0.2, -0.15) is 5.10 Å². The van der Waals surface area contributed by atoms with Crippen LogP contribution in [0.5, 0.6) is 0 Å². The van der Waals surface area contributed by atoms with Crippen molar-refractivity contribution in [3.63, 3.8) is 0 Å². The molecule has 0 unspecified atom stereocenters. The summed E-state index contributed by atoms with van der Waals surface area (Å²) in [5.74, 6) is 0. The monoisotopic (exact) mass is 212 g/mol. The normalized spacial score (nSPS) is 10.8. The summed E-state index contributed by atoms with van der Waals surface area (Å²) in [6.45, 7) is 0. The lowest BCUT2D eigenvalue weighted by molar-refractivity contribution is 0.111. The van der Waals surface area contributed by atoms with E-state index in [1.807, 2.05) is 18.2 Å². The number of hydrogen-bond donors (Lipinski definition) is 2. The molecule has 0 saturated heterocycles. The van der Waals surface area contributed by atoms with E-state index in [4.69, 9.17) is 0 Å². The van der Waals surface area contributed by atoms with E-state index in [-0.39, 0.29) is 0 Å². The first-order chi connectivity index (χ1) is 7.88. The molecule has 5 nitrogen and oxygen atoms in total. The second kappa shape index (κ2) is 3.30. The van der Waals surface area contributed by atoms with Gasteiger partial charge in [-0.15, -0.1) is 0 Å². The fourth-order valence-electron chi connectivity index (χ4n) is 1.68. The van der Waals surface area contributed by atoms with E-state index >= 15 is 0 Å². The number of H-pyrrole nitrogens is 2. The predicted octanol–water partition coefficient (Wildman–Crippen LogP) is 1.77. The summed E-state index contributed by atoms with van der Waals surface area (Å²) in [5, 5.41) is 7.93. The highest BCUT2D eigenvalue weighted by atomic mass is 16.1. The highest BCUT2D eigenvalue weighted by Crippen LogP contribution is 2.23. The van der Waals surface area contributed by atoms with E-state index < -0.39 is 0 Å². The number of fused-ring (bicyclic) bond motifs is 1. The first-order valence-corrected chi connectivity index (χ1v) is 4.82. The Hall–Kier alpha value is -2.43. The molecule has 3 aromatic heterocycles. The van der Waals surface area contributed by atoms with Crippen LogP contribution in [-0.2, 0) is 0 Å². The van der Waals surface area contributed by atoms with Gasteiger partial charge in [0.1, 0.15) is 0 Å². The molecule has 16 heavy (non-hydrogen) atoms. The predicted molar refractivity (Wildman–Crippen MR) is 59.1 cm³/mol. The Morgan fingerprint density at radius 2 is 2.19 bits per heavy atom. The van der Waals surface area contributed by atoms with E-state index in [0.29, 0.717) is 11.3 Å². The molecule has 3 aromatic rings. The van der Waals surface area contributed by atoms with Crippen LogP contribution in [0.15, 0.2) is 30.5 Å². The third-order valence-electron chi connectivity index (χ3n) is 2.43. The van der Waals surface area contributed by atoms with Crippen LogP contribution in [0.3, 0.4) is 0 Å². The van der Waals surface area contributed by atoms with Crippen molar-refractivity contribution in [1.82, 2.24) is 20.2 Å². The number of nitrogens with zero attached hydrogens (tertiary/aromatic N) is 2. The van der Waals surface area contributed by atoms with Crippen molar-refractivity contribution in [3.05, 3.63) is 36.2 Å². The average molecular weight is 212 g/mol. The zero-order valence-electron chi connectivity index (χ0n) is 8.27. The molecule has 0 bridgehead atoms. The van der Waals surface area contributed by atoms with Crippen molar-refractivity contribution >= 4 is 17.3 Å². The molecule has 0 fully saturated rings. The van der Waals surface area contributed by atoms with Gasteiger partial charge >= 0.3 is 0 Å². The van der Waals surface area contributed by atoms with Crippen LogP contribution in [-0.4, -0.2) is 26.5 Å². The molecule has 0 aliphatic rings. The topological polar surface area (TPSA) is 74.4 Å². The molecule has 3 rings (SSSR count). The van der Waals surface area contributed by atoms with Crippen molar-refractivity contribution in [3.8, 4) is 11.4 Å². The highest BCUT2D eigenvalue weighted by molar-refractivity contribution is 5.90. The first kappa shape index (κ1) is 8.84. The minimum absolute atomic E-state index is 0.543.